The van der Waals surface area contributed by atoms with Gasteiger partial charge in [-0.2, -0.15) is 18.2 Å². The number of halogens is 4. The van der Waals surface area contributed by atoms with Gasteiger partial charge in [-0.3, -0.25) is 4.98 Å². The van der Waals surface area contributed by atoms with Gasteiger partial charge in [-0.25, -0.2) is 18.5 Å². The van der Waals surface area contributed by atoms with Crippen molar-refractivity contribution in [2.45, 2.75) is 30.8 Å². The molecule has 33 heavy (non-hydrogen) atoms. The first-order valence-electron chi connectivity index (χ1n) is 9.54. The van der Waals surface area contributed by atoms with Gasteiger partial charge < -0.3 is 10.6 Å². The molecule has 0 radical (unpaired) electrons. The van der Waals surface area contributed by atoms with E-state index < -0.39 is 32.8 Å². The zero-order valence-corrected chi connectivity index (χ0v) is 18.8. The Morgan fingerprint density at radius 1 is 1.15 bits per heavy atom. The molecule has 2 heterocycles. The van der Waals surface area contributed by atoms with Crippen LogP contribution in [0.2, 0.25) is 0 Å². The molecule has 0 spiro atoms. The maximum Gasteiger partial charge on any atom is 0.421 e. The fraction of sp³-hybridized carbons (Fsp3) is 0.250. The Bertz CT molecular complexity index is 1220. The lowest BCUT2D eigenvalue weighted by Gasteiger charge is -2.17. The van der Waals surface area contributed by atoms with E-state index in [9.17, 15) is 21.6 Å². The Morgan fingerprint density at radius 3 is 2.45 bits per heavy atom. The van der Waals surface area contributed by atoms with Gasteiger partial charge in [-0.05, 0) is 36.2 Å². The van der Waals surface area contributed by atoms with Crippen LogP contribution in [0.3, 0.4) is 0 Å². The predicted octanol–water partition coefficient (Wildman–Crippen LogP) is 4.33. The first kappa shape index (κ1) is 24.7. The molecule has 0 bridgehead atoms. The average molecular weight is 501 g/mol. The molecule has 8 nitrogen and oxygen atoms in total. The molecule has 176 valence electrons. The Morgan fingerprint density at radius 2 is 1.85 bits per heavy atom. The molecule has 3 rings (SSSR count). The van der Waals surface area contributed by atoms with Gasteiger partial charge in [-0.15, -0.1) is 11.6 Å². The van der Waals surface area contributed by atoms with E-state index in [-0.39, 0.29) is 18.2 Å². The minimum atomic E-state index is -4.71. The van der Waals surface area contributed by atoms with E-state index in [1.54, 1.807) is 36.4 Å². The molecular formula is C20H20ClF3N6O2S. The maximum absolute atomic E-state index is 13.5. The topological polar surface area (TPSA) is 123 Å². The minimum absolute atomic E-state index is 0.0616. The van der Waals surface area contributed by atoms with Crippen LogP contribution in [-0.4, -0.2) is 23.4 Å². The van der Waals surface area contributed by atoms with E-state index in [4.69, 9.17) is 16.7 Å². The number of hydrogen-bond acceptors (Lipinski definition) is 7. The van der Waals surface area contributed by atoms with Crippen molar-refractivity contribution >= 4 is 39.1 Å². The highest BCUT2D eigenvalue weighted by molar-refractivity contribution is 7.89. The predicted molar refractivity (Wildman–Crippen MR) is 119 cm³/mol. The number of anilines is 3. The van der Waals surface area contributed by atoms with Crippen LogP contribution in [0.5, 0.6) is 0 Å². The zero-order valence-electron chi connectivity index (χ0n) is 17.3. The Kier molecular flexibility index (Phi) is 7.40. The van der Waals surface area contributed by atoms with E-state index in [0.717, 1.165) is 5.56 Å². The van der Waals surface area contributed by atoms with Gasteiger partial charge in [0.15, 0.2) is 0 Å². The Hall–Kier alpha value is -2.96. The van der Waals surface area contributed by atoms with Crippen molar-refractivity contribution in [1.82, 2.24) is 15.0 Å². The van der Waals surface area contributed by atoms with Crippen LogP contribution in [-0.2, 0) is 28.6 Å². The highest BCUT2D eigenvalue weighted by Crippen LogP contribution is 2.34. The second kappa shape index (κ2) is 9.89. The van der Waals surface area contributed by atoms with Gasteiger partial charge in [0, 0.05) is 30.5 Å². The Balaban J connectivity index is 1.89. The third kappa shape index (κ3) is 6.30. The van der Waals surface area contributed by atoms with E-state index in [0.29, 0.717) is 23.3 Å². The first-order chi connectivity index (χ1) is 15.5. The molecule has 0 aliphatic rings. The number of sulfonamides is 1. The highest BCUT2D eigenvalue weighted by Gasteiger charge is 2.35. The number of nitrogens with zero attached hydrogens (tertiary/aromatic N) is 3. The molecule has 0 fully saturated rings. The van der Waals surface area contributed by atoms with Crippen LogP contribution in [0.1, 0.15) is 34.6 Å². The summed E-state index contributed by atoms with van der Waals surface area (Å²) in [5.74, 6) is -0.213. The van der Waals surface area contributed by atoms with Crippen molar-refractivity contribution in [2.24, 2.45) is 5.14 Å². The van der Waals surface area contributed by atoms with Crippen molar-refractivity contribution in [3.05, 3.63) is 71.2 Å². The number of alkyl halides is 4. The quantitative estimate of drug-likeness (QED) is 0.393. The normalized spacial score (nSPS) is 12.9. The van der Waals surface area contributed by atoms with E-state index in [1.165, 1.54) is 13.1 Å². The molecule has 1 atom stereocenters. The fourth-order valence-electron chi connectivity index (χ4n) is 2.89. The molecule has 0 saturated heterocycles. The summed E-state index contributed by atoms with van der Waals surface area (Å²) < 4.78 is 64.0. The lowest BCUT2D eigenvalue weighted by atomic mass is 10.1. The smallest absolute Gasteiger partial charge is 0.365 e. The second-order valence-electron chi connectivity index (χ2n) is 7.04. The standard InChI is InChI=1S/C20H20ClF3N6O2S/c1-12(33(25,31)32)17-14(3-2-8-26-17)10-27-18-16(20(22,23)24)11-28-19(30-18)29-15-6-4-13(9-21)5-7-15/h2-8,11-12H,9-10H2,1H3,(H2,25,31,32)(H2,27,28,29,30). The number of benzene rings is 1. The molecule has 2 aromatic heterocycles. The maximum atomic E-state index is 13.5. The molecule has 3 aromatic rings. The lowest BCUT2D eigenvalue weighted by molar-refractivity contribution is -0.137. The minimum Gasteiger partial charge on any atom is -0.365 e. The zero-order chi connectivity index (χ0) is 24.2. The molecule has 0 aliphatic heterocycles. The van der Waals surface area contributed by atoms with Crippen molar-refractivity contribution in [3.63, 3.8) is 0 Å². The van der Waals surface area contributed by atoms with Gasteiger partial charge in [0.2, 0.25) is 16.0 Å². The fourth-order valence-corrected chi connectivity index (χ4v) is 3.59. The third-order valence-electron chi connectivity index (χ3n) is 4.71. The average Bonchev–Trinajstić information content (AvgIpc) is 2.76. The number of nitrogens with one attached hydrogen (secondary N) is 2. The Labute approximate surface area is 193 Å². The molecule has 0 saturated carbocycles. The van der Waals surface area contributed by atoms with Crippen molar-refractivity contribution in [1.29, 1.82) is 0 Å². The number of nitrogens with two attached hydrogens (primary N) is 1. The summed E-state index contributed by atoms with van der Waals surface area (Å²) in [6.45, 7) is 1.18. The molecule has 0 aliphatic carbocycles. The summed E-state index contributed by atoms with van der Waals surface area (Å²) in [6.07, 6.45) is -2.67. The highest BCUT2D eigenvalue weighted by atomic mass is 35.5. The van der Waals surface area contributed by atoms with Gasteiger partial charge in [-0.1, -0.05) is 18.2 Å². The summed E-state index contributed by atoms with van der Waals surface area (Å²) >= 11 is 5.76. The summed E-state index contributed by atoms with van der Waals surface area (Å²) in [5, 5.41) is 9.53. The molecule has 1 aromatic carbocycles. The van der Waals surface area contributed by atoms with Gasteiger partial charge >= 0.3 is 6.18 Å². The number of primary sulfonamides is 1. The third-order valence-corrected chi connectivity index (χ3v) is 6.23. The largest absolute Gasteiger partial charge is 0.421 e. The van der Waals surface area contributed by atoms with Gasteiger partial charge in [0.1, 0.15) is 16.6 Å². The van der Waals surface area contributed by atoms with Crippen molar-refractivity contribution in [2.75, 3.05) is 10.6 Å². The van der Waals surface area contributed by atoms with Crippen LogP contribution in [0.25, 0.3) is 0 Å². The second-order valence-corrected chi connectivity index (χ2v) is 9.19. The van der Waals surface area contributed by atoms with Crippen LogP contribution in [0.15, 0.2) is 48.8 Å². The van der Waals surface area contributed by atoms with Crippen molar-refractivity contribution in [3.8, 4) is 0 Å². The van der Waals surface area contributed by atoms with Crippen LogP contribution >= 0.6 is 11.6 Å². The molecule has 1 unspecified atom stereocenters. The van der Waals surface area contributed by atoms with E-state index >= 15 is 0 Å². The number of aromatic nitrogens is 3. The number of pyridine rings is 1. The molecular weight excluding hydrogens is 481 g/mol. The summed E-state index contributed by atoms with van der Waals surface area (Å²) in [5.41, 5.74) is 0.852. The van der Waals surface area contributed by atoms with Gasteiger partial charge in [0.25, 0.3) is 0 Å². The lowest BCUT2D eigenvalue weighted by Crippen LogP contribution is -2.22. The van der Waals surface area contributed by atoms with E-state index in [2.05, 4.69) is 25.6 Å². The monoisotopic (exact) mass is 500 g/mol. The molecule has 4 N–H and O–H groups in total. The van der Waals surface area contributed by atoms with Crippen LogP contribution < -0.4 is 15.8 Å². The number of rotatable bonds is 8. The molecule has 0 amide bonds. The summed E-state index contributed by atoms with van der Waals surface area (Å²) in [4.78, 5) is 11.8. The SMILES string of the molecule is CC(c1ncccc1CNc1nc(Nc2ccc(CCl)cc2)ncc1C(F)(F)F)S(N)(=O)=O. The van der Waals surface area contributed by atoms with Gasteiger partial charge in [0.05, 0.1) is 5.69 Å². The first-order valence-corrected chi connectivity index (χ1v) is 11.7. The number of hydrogen-bond donors (Lipinski definition) is 3. The summed E-state index contributed by atoms with van der Waals surface area (Å²) in [7, 11) is -3.95. The van der Waals surface area contributed by atoms with Crippen LogP contribution in [0, 0.1) is 0 Å². The van der Waals surface area contributed by atoms with E-state index in [1.807, 2.05) is 0 Å². The van der Waals surface area contributed by atoms with Crippen molar-refractivity contribution < 1.29 is 21.6 Å². The summed E-state index contributed by atoms with van der Waals surface area (Å²) in [6, 6.07) is 10.00. The molecule has 13 heteroatoms. The van der Waals surface area contributed by atoms with Crippen LogP contribution in [0.4, 0.5) is 30.6 Å².